The van der Waals surface area contributed by atoms with Crippen LogP contribution in [0.25, 0.3) is 74.8 Å². The van der Waals surface area contributed by atoms with Crippen molar-refractivity contribution in [2.75, 3.05) is 4.90 Å². The average Bonchev–Trinajstić information content (AvgIpc) is 3.70. The monoisotopic (exact) mass is 617 g/mol. The summed E-state index contributed by atoms with van der Waals surface area (Å²) in [5.41, 5.74) is 7.57. The molecule has 0 aliphatic heterocycles. The molecule has 0 unspecified atom stereocenters. The van der Waals surface area contributed by atoms with Crippen molar-refractivity contribution in [3.05, 3.63) is 164 Å². The molecule has 10 aromatic rings. The lowest BCUT2D eigenvalue weighted by Gasteiger charge is -2.30. The average molecular weight is 618 g/mol. The summed E-state index contributed by atoms with van der Waals surface area (Å²) in [6, 6.07) is 59.2. The molecule has 2 nitrogen and oxygen atoms in total. The Balaban J connectivity index is 1.36. The first kappa shape index (κ1) is 26.3. The van der Waals surface area contributed by atoms with Crippen LogP contribution in [0.15, 0.2) is 168 Å². The van der Waals surface area contributed by atoms with E-state index in [4.69, 9.17) is 4.42 Å². The fraction of sp³-hybridized carbons (Fsp3) is 0. The zero-order chi connectivity index (χ0) is 30.9. The van der Waals surface area contributed by atoms with E-state index in [1.54, 1.807) is 0 Å². The van der Waals surface area contributed by atoms with Gasteiger partial charge in [-0.15, -0.1) is 11.3 Å². The van der Waals surface area contributed by atoms with Gasteiger partial charge in [0.2, 0.25) is 0 Å². The molecule has 0 saturated heterocycles. The highest BCUT2D eigenvalue weighted by Crippen LogP contribution is 2.50. The molecule has 0 aliphatic carbocycles. The lowest BCUT2D eigenvalue weighted by atomic mass is 9.90. The van der Waals surface area contributed by atoms with Crippen LogP contribution in [0.2, 0.25) is 0 Å². The minimum atomic E-state index is 0.890. The summed E-state index contributed by atoms with van der Waals surface area (Å²) in [7, 11) is 0. The lowest BCUT2D eigenvalue weighted by Crippen LogP contribution is -2.12. The molecule has 0 amide bonds. The quantitative estimate of drug-likeness (QED) is 0.183. The summed E-state index contributed by atoms with van der Waals surface area (Å²) >= 11 is 1.85. The van der Waals surface area contributed by atoms with Gasteiger partial charge >= 0.3 is 0 Å². The van der Waals surface area contributed by atoms with E-state index in [1.807, 2.05) is 23.5 Å². The number of hydrogen-bond acceptors (Lipinski definition) is 3. The molecular formula is C44H27NOS. The van der Waals surface area contributed by atoms with E-state index in [0.717, 1.165) is 39.0 Å². The summed E-state index contributed by atoms with van der Waals surface area (Å²) in [5.74, 6) is 0. The Morgan fingerprint density at radius 2 is 0.957 bits per heavy atom. The van der Waals surface area contributed by atoms with Gasteiger partial charge in [0.15, 0.2) is 0 Å². The number of furan rings is 1. The number of anilines is 3. The second-order valence-corrected chi connectivity index (χ2v) is 13.2. The zero-order valence-corrected chi connectivity index (χ0v) is 26.2. The van der Waals surface area contributed by atoms with Gasteiger partial charge in [-0.2, -0.15) is 0 Å². The number of thiophene rings is 1. The summed E-state index contributed by atoms with van der Waals surface area (Å²) in [6.45, 7) is 0. The number of fused-ring (bicyclic) bond motifs is 9. The van der Waals surface area contributed by atoms with Gasteiger partial charge in [-0.05, 0) is 64.2 Å². The predicted octanol–water partition coefficient (Wildman–Crippen LogP) is 13.4. The van der Waals surface area contributed by atoms with E-state index in [1.165, 1.54) is 52.8 Å². The van der Waals surface area contributed by atoms with E-state index in [9.17, 15) is 0 Å². The molecule has 2 aromatic heterocycles. The fourth-order valence-corrected chi connectivity index (χ4v) is 8.51. The molecule has 47 heavy (non-hydrogen) atoms. The Labute approximate surface area is 275 Å². The van der Waals surface area contributed by atoms with Crippen LogP contribution >= 0.6 is 11.3 Å². The van der Waals surface area contributed by atoms with Gasteiger partial charge < -0.3 is 9.32 Å². The highest BCUT2D eigenvalue weighted by atomic mass is 32.1. The number of para-hydroxylation sites is 1. The molecule has 0 saturated carbocycles. The maximum absolute atomic E-state index is 6.29. The standard InChI is InChI=1S/C44H27NOS/c1-2-12-28(13-3-1)43-36-18-6-4-14-31(36)32-15-5-7-19-37(32)44(43)45(29-23-25-40-38(26-29)33-16-8-10-20-39(33)46-40)30-22-24-35-34-17-9-11-21-41(34)47-42(35)27-30/h1-27H. The Kier molecular flexibility index (Phi) is 5.78. The highest BCUT2D eigenvalue weighted by molar-refractivity contribution is 7.25. The third-order valence-corrected chi connectivity index (χ3v) is 10.6. The van der Waals surface area contributed by atoms with Gasteiger partial charge in [0.05, 0.1) is 5.69 Å². The van der Waals surface area contributed by atoms with Crippen molar-refractivity contribution in [1.29, 1.82) is 0 Å². The lowest BCUT2D eigenvalue weighted by molar-refractivity contribution is 0.669. The highest BCUT2D eigenvalue weighted by Gasteiger charge is 2.24. The summed E-state index contributed by atoms with van der Waals surface area (Å²) in [6.07, 6.45) is 0. The van der Waals surface area contributed by atoms with Gasteiger partial charge in [-0.3, -0.25) is 0 Å². The summed E-state index contributed by atoms with van der Waals surface area (Å²) < 4.78 is 8.87. The number of nitrogens with zero attached hydrogens (tertiary/aromatic N) is 1. The SMILES string of the molecule is c1ccc(-c2c(N(c3ccc4c(c3)sc3ccccc34)c3ccc4oc5ccccc5c4c3)c3ccccc3c3ccccc23)cc1. The maximum atomic E-state index is 6.29. The zero-order valence-electron chi connectivity index (χ0n) is 25.4. The molecule has 3 heteroatoms. The molecule has 10 rings (SSSR count). The Morgan fingerprint density at radius 1 is 0.383 bits per heavy atom. The minimum Gasteiger partial charge on any atom is -0.456 e. The molecular weight excluding hydrogens is 591 g/mol. The topological polar surface area (TPSA) is 16.4 Å². The van der Waals surface area contributed by atoms with Crippen LogP contribution in [-0.4, -0.2) is 0 Å². The first-order valence-corrected chi connectivity index (χ1v) is 16.7. The van der Waals surface area contributed by atoms with Crippen LogP contribution in [-0.2, 0) is 0 Å². The van der Waals surface area contributed by atoms with Crippen molar-refractivity contribution >= 4 is 92.1 Å². The van der Waals surface area contributed by atoms with Crippen molar-refractivity contribution in [3.63, 3.8) is 0 Å². The van der Waals surface area contributed by atoms with Crippen molar-refractivity contribution < 1.29 is 4.42 Å². The molecule has 0 bridgehead atoms. The maximum Gasteiger partial charge on any atom is 0.135 e. The fourth-order valence-electron chi connectivity index (χ4n) is 7.37. The van der Waals surface area contributed by atoms with Crippen LogP contribution in [0.5, 0.6) is 0 Å². The number of benzene rings is 8. The second kappa shape index (κ2) is 10.3. The molecule has 2 heterocycles. The smallest absolute Gasteiger partial charge is 0.135 e. The van der Waals surface area contributed by atoms with Crippen molar-refractivity contribution in [1.82, 2.24) is 0 Å². The molecule has 0 aliphatic rings. The van der Waals surface area contributed by atoms with Crippen LogP contribution in [0.4, 0.5) is 17.1 Å². The van der Waals surface area contributed by atoms with Crippen molar-refractivity contribution in [3.8, 4) is 11.1 Å². The first-order chi connectivity index (χ1) is 23.3. The number of rotatable bonds is 4. The Bertz CT molecular complexity index is 2810. The molecule has 0 radical (unpaired) electrons. The second-order valence-electron chi connectivity index (χ2n) is 12.1. The van der Waals surface area contributed by atoms with Gasteiger partial charge in [-0.25, -0.2) is 0 Å². The third kappa shape index (κ3) is 4.04. The molecule has 0 atom stereocenters. The molecule has 220 valence electrons. The van der Waals surface area contributed by atoms with E-state index < -0.39 is 0 Å². The van der Waals surface area contributed by atoms with Gasteiger partial charge in [0.1, 0.15) is 11.2 Å². The molecule has 0 fully saturated rings. The predicted molar refractivity (Wildman–Crippen MR) is 202 cm³/mol. The summed E-state index contributed by atoms with van der Waals surface area (Å²) in [5, 5.41) is 9.75. The van der Waals surface area contributed by atoms with Gasteiger partial charge in [0, 0.05) is 53.3 Å². The number of hydrogen-bond donors (Lipinski definition) is 0. The van der Waals surface area contributed by atoms with E-state index >= 15 is 0 Å². The Hall–Kier alpha value is -5.90. The van der Waals surface area contributed by atoms with Crippen LogP contribution in [0.3, 0.4) is 0 Å². The van der Waals surface area contributed by atoms with Crippen molar-refractivity contribution in [2.24, 2.45) is 0 Å². The van der Waals surface area contributed by atoms with Crippen LogP contribution in [0, 0.1) is 0 Å². The third-order valence-electron chi connectivity index (χ3n) is 9.43. The van der Waals surface area contributed by atoms with Gasteiger partial charge in [0.25, 0.3) is 0 Å². The van der Waals surface area contributed by atoms with Gasteiger partial charge in [-0.1, -0.05) is 121 Å². The summed E-state index contributed by atoms with van der Waals surface area (Å²) in [4.78, 5) is 2.47. The van der Waals surface area contributed by atoms with Crippen molar-refractivity contribution in [2.45, 2.75) is 0 Å². The van der Waals surface area contributed by atoms with Crippen LogP contribution in [0.1, 0.15) is 0 Å². The first-order valence-electron chi connectivity index (χ1n) is 15.9. The largest absolute Gasteiger partial charge is 0.456 e. The van der Waals surface area contributed by atoms with Crippen LogP contribution < -0.4 is 4.90 Å². The van der Waals surface area contributed by atoms with E-state index in [0.29, 0.717) is 0 Å². The normalized spacial score (nSPS) is 11.8. The molecule has 8 aromatic carbocycles. The van der Waals surface area contributed by atoms with E-state index in [2.05, 4.69) is 157 Å². The Morgan fingerprint density at radius 3 is 1.79 bits per heavy atom. The van der Waals surface area contributed by atoms with E-state index in [-0.39, 0.29) is 0 Å². The molecule has 0 N–H and O–H groups in total. The minimum absolute atomic E-state index is 0.890. The molecule has 0 spiro atoms.